The molecule has 0 aliphatic heterocycles. The summed E-state index contributed by atoms with van der Waals surface area (Å²) in [5.41, 5.74) is -2.58. The number of halogens is 14. The van der Waals surface area contributed by atoms with Gasteiger partial charge in [0.15, 0.2) is 6.17 Å². The molecule has 0 saturated carbocycles. The van der Waals surface area contributed by atoms with Gasteiger partial charge in [-0.25, -0.2) is 22.4 Å². The fourth-order valence-corrected chi connectivity index (χ4v) is 1.30. The van der Waals surface area contributed by atoms with Gasteiger partial charge in [0.2, 0.25) is 6.17 Å². The lowest BCUT2D eigenvalue weighted by Gasteiger charge is -2.38. The molecule has 0 spiro atoms. The maximum absolute atomic E-state index is 13.1. The molecule has 150 valence electrons. The minimum Gasteiger partial charge on any atom is -0.412 e. The molecule has 0 aromatic carbocycles. The van der Waals surface area contributed by atoms with Crippen LogP contribution < -0.4 is 0 Å². The molecule has 0 fully saturated rings. The lowest BCUT2D eigenvalue weighted by molar-refractivity contribution is -0.398. The number of hydrogen-bond acceptors (Lipinski definition) is 2. The number of carbonyl (C=O) groups is 1. The van der Waals surface area contributed by atoms with Crippen molar-refractivity contribution in [2.45, 2.75) is 48.8 Å². The molecule has 0 amide bonds. The van der Waals surface area contributed by atoms with Crippen molar-refractivity contribution in [3.63, 3.8) is 0 Å². The first-order chi connectivity index (χ1) is 10.9. The topological polar surface area (TPSA) is 26.3 Å². The lowest BCUT2D eigenvalue weighted by Crippen LogP contribution is -2.68. The third kappa shape index (κ3) is 4.00. The molecule has 0 bridgehead atoms. The van der Waals surface area contributed by atoms with E-state index in [0.717, 1.165) is 0 Å². The normalized spacial score (nSPS) is 18.0. The summed E-state index contributed by atoms with van der Waals surface area (Å²) in [6.45, 7) is 0. The van der Waals surface area contributed by atoms with Gasteiger partial charge in [-0.05, 0) is 0 Å². The first-order valence-corrected chi connectivity index (χ1v) is 5.81. The summed E-state index contributed by atoms with van der Waals surface area (Å²) in [5, 5.41) is 0. The van der Waals surface area contributed by atoms with Crippen LogP contribution in [0.1, 0.15) is 0 Å². The molecule has 0 aliphatic carbocycles. The van der Waals surface area contributed by atoms with Crippen molar-refractivity contribution in [2.75, 3.05) is 0 Å². The second-order valence-corrected chi connectivity index (χ2v) is 4.56. The van der Waals surface area contributed by atoms with Crippen molar-refractivity contribution in [3.8, 4) is 0 Å². The Morgan fingerprint density at radius 1 is 0.760 bits per heavy atom. The molecule has 0 N–H and O–H groups in total. The Morgan fingerprint density at radius 2 is 1.12 bits per heavy atom. The van der Waals surface area contributed by atoms with Gasteiger partial charge >= 0.3 is 35.5 Å². The van der Waals surface area contributed by atoms with Crippen LogP contribution in [0.2, 0.25) is 0 Å². The average Bonchev–Trinajstić information content (AvgIpc) is 2.43. The smallest absolute Gasteiger partial charge is 0.406 e. The highest BCUT2D eigenvalue weighted by Crippen LogP contribution is 2.56. The molecule has 0 rings (SSSR count). The van der Waals surface area contributed by atoms with E-state index in [1.807, 2.05) is 0 Å². The zero-order valence-corrected chi connectivity index (χ0v) is 11.7. The molecule has 0 heterocycles. The summed E-state index contributed by atoms with van der Waals surface area (Å²) < 4.78 is 168. The first kappa shape index (κ1) is 23.8. The van der Waals surface area contributed by atoms with Gasteiger partial charge in [-0.2, -0.15) is 39.5 Å². The predicted molar refractivity (Wildman–Crippen MR) is 52.8 cm³/mol. The van der Waals surface area contributed by atoms with Gasteiger partial charge < -0.3 is 4.74 Å². The summed E-state index contributed by atoms with van der Waals surface area (Å²) in [6, 6.07) is 0. The highest BCUT2D eigenvalue weighted by atomic mass is 35.5. The SMILES string of the molecule is O=C(Cl)OC(F)C(F)(F)C(F)(F)C(F)(F)C(F)(F)C(F)C(F)C(F)F. The van der Waals surface area contributed by atoms with Crippen molar-refractivity contribution in [2.24, 2.45) is 0 Å². The summed E-state index contributed by atoms with van der Waals surface area (Å²) >= 11 is 4.15. The van der Waals surface area contributed by atoms with E-state index in [4.69, 9.17) is 0 Å². The molecule has 0 aromatic heterocycles. The molecule has 16 heteroatoms. The molecule has 25 heavy (non-hydrogen) atoms. The Hall–Kier alpha value is -1.15. The van der Waals surface area contributed by atoms with Gasteiger partial charge in [-0.15, -0.1) is 0 Å². The van der Waals surface area contributed by atoms with E-state index in [2.05, 4.69) is 16.3 Å². The van der Waals surface area contributed by atoms with E-state index in [0.29, 0.717) is 0 Å². The van der Waals surface area contributed by atoms with E-state index in [9.17, 15) is 61.9 Å². The Bertz CT molecular complexity index is 482. The van der Waals surface area contributed by atoms with Gasteiger partial charge in [-0.3, -0.25) is 0 Å². The molecule has 2 nitrogen and oxygen atoms in total. The third-order valence-corrected chi connectivity index (χ3v) is 2.67. The Kier molecular flexibility index (Phi) is 6.90. The van der Waals surface area contributed by atoms with Gasteiger partial charge in [-0.1, -0.05) is 0 Å². The van der Waals surface area contributed by atoms with Gasteiger partial charge in [0.1, 0.15) is 0 Å². The summed E-state index contributed by atoms with van der Waals surface area (Å²) in [6.07, 6.45) is -19.9. The van der Waals surface area contributed by atoms with Gasteiger partial charge in [0.25, 0.3) is 6.43 Å². The second-order valence-electron chi connectivity index (χ2n) is 4.25. The predicted octanol–water partition coefficient (Wildman–Crippen LogP) is 5.14. The second kappa shape index (κ2) is 7.23. The molecular weight excluding hydrogens is 423 g/mol. The highest BCUT2D eigenvalue weighted by Gasteiger charge is 2.85. The fraction of sp³-hybridized carbons (Fsp3) is 0.889. The third-order valence-electron chi connectivity index (χ3n) is 2.58. The van der Waals surface area contributed by atoms with Crippen molar-refractivity contribution in [3.05, 3.63) is 0 Å². The van der Waals surface area contributed by atoms with Gasteiger partial charge in [0.05, 0.1) is 0 Å². The molecule has 0 aromatic rings. The van der Waals surface area contributed by atoms with Crippen molar-refractivity contribution in [1.29, 1.82) is 0 Å². The van der Waals surface area contributed by atoms with Crippen LogP contribution in [-0.4, -0.2) is 54.2 Å². The van der Waals surface area contributed by atoms with Crippen LogP contribution in [0.15, 0.2) is 0 Å². The van der Waals surface area contributed by atoms with E-state index in [1.165, 1.54) is 0 Å². The van der Waals surface area contributed by atoms with Crippen LogP contribution in [0, 0.1) is 0 Å². The standard InChI is InChI=1S/C9H4ClF13O2/c10-5(24)25-4(15)7(18,19)9(22,23)8(20,21)6(16,17)2(12)1(11)3(13)14/h1-4H. The molecule has 3 atom stereocenters. The minimum absolute atomic E-state index is 2.58. The van der Waals surface area contributed by atoms with E-state index < -0.39 is 54.2 Å². The average molecular weight is 427 g/mol. The van der Waals surface area contributed by atoms with E-state index in [1.54, 1.807) is 0 Å². The summed E-state index contributed by atoms with van der Waals surface area (Å²) in [5.74, 6) is -29.2. The summed E-state index contributed by atoms with van der Waals surface area (Å²) in [7, 11) is 0. The molecular formula is C9H4ClF13O2. The maximum atomic E-state index is 13.1. The fourth-order valence-electron chi connectivity index (χ4n) is 1.22. The largest absolute Gasteiger partial charge is 0.412 e. The zero-order chi connectivity index (χ0) is 20.6. The van der Waals surface area contributed by atoms with Crippen molar-refractivity contribution in [1.82, 2.24) is 0 Å². The minimum atomic E-state index is -7.61. The van der Waals surface area contributed by atoms with E-state index in [-0.39, 0.29) is 0 Å². The van der Waals surface area contributed by atoms with Crippen LogP contribution >= 0.6 is 11.6 Å². The number of alkyl halides is 13. The molecule has 0 aliphatic rings. The summed E-state index contributed by atoms with van der Waals surface area (Å²) in [4.78, 5) is 9.94. The Labute approximate surface area is 133 Å². The van der Waals surface area contributed by atoms with Crippen LogP contribution in [0.3, 0.4) is 0 Å². The number of rotatable bonds is 8. The Balaban J connectivity index is 5.97. The molecule has 3 unspecified atom stereocenters. The van der Waals surface area contributed by atoms with Gasteiger partial charge in [0, 0.05) is 11.6 Å². The van der Waals surface area contributed by atoms with Crippen LogP contribution in [0.25, 0.3) is 0 Å². The number of hydrogen-bond donors (Lipinski definition) is 0. The van der Waals surface area contributed by atoms with Crippen LogP contribution in [0.5, 0.6) is 0 Å². The maximum Gasteiger partial charge on any atom is 0.406 e. The van der Waals surface area contributed by atoms with Crippen LogP contribution in [0.4, 0.5) is 61.9 Å². The quantitative estimate of drug-likeness (QED) is 0.397. The number of ether oxygens (including phenoxy) is 1. The van der Waals surface area contributed by atoms with Crippen molar-refractivity contribution < 1.29 is 66.6 Å². The number of carbonyl (C=O) groups excluding carboxylic acids is 1. The van der Waals surface area contributed by atoms with E-state index >= 15 is 0 Å². The first-order valence-electron chi connectivity index (χ1n) is 5.43. The Morgan fingerprint density at radius 3 is 1.44 bits per heavy atom. The molecule has 0 saturated heterocycles. The van der Waals surface area contributed by atoms with Crippen molar-refractivity contribution >= 4 is 17.0 Å². The monoisotopic (exact) mass is 426 g/mol. The lowest BCUT2D eigenvalue weighted by atomic mass is 9.93. The highest BCUT2D eigenvalue weighted by molar-refractivity contribution is 6.61. The van der Waals surface area contributed by atoms with Crippen LogP contribution in [-0.2, 0) is 4.74 Å². The molecule has 0 radical (unpaired) electrons. The zero-order valence-electron chi connectivity index (χ0n) is 10.9.